The summed E-state index contributed by atoms with van der Waals surface area (Å²) in [5, 5.41) is 0. The van der Waals surface area contributed by atoms with Crippen LogP contribution in [-0.4, -0.2) is 25.5 Å². The maximum absolute atomic E-state index is 11.2. The van der Waals surface area contributed by atoms with E-state index in [2.05, 4.69) is 4.74 Å². The molecule has 1 rings (SSSR count). The molecule has 1 aromatic rings. The minimum atomic E-state index is -0.817. The Morgan fingerprint density at radius 3 is 2.62 bits per heavy atom. The predicted molar refractivity (Wildman–Crippen MR) is 57.7 cm³/mol. The van der Waals surface area contributed by atoms with E-state index in [0.29, 0.717) is 6.29 Å². The van der Waals surface area contributed by atoms with Crippen LogP contribution in [0, 0.1) is 0 Å². The molecule has 0 fully saturated rings. The fourth-order valence-electron chi connectivity index (χ4n) is 1.22. The topological polar surface area (TPSA) is 52.6 Å². The molecule has 0 aliphatic heterocycles. The van der Waals surface area contributed by atoms with Gasteiger partial charge in [-0.05, 0) is 5.56 Å². The summed E-state index contributed by atoms with van der Waals surface area (Å²) in [6.07, 6.45) is -0.158. The molecule has 0 aliphatic rings. The van der Waals surface area contributed by atoms with Crippen LogP contribution in [0.2, 0.25) is 0 Å². The van der Waals surface area contributed by atoms with E-state index in [1.807, 2.05) is 30.3 Å². The average molecular weight is 222 g/mol. The Morgan fingerprint density at radius 1 is 1.38 bits per heavy atom. The van der Waals surface area contributed by atoms with Gasteiger partial charge in [0.2, 0.25) is 0 Å². The lowest BCUT2D eigenvalue weighted by Gasteiger charge is -2.12. The van der Waals surface area contributed by atoms with Crippen molar-refractivity contribution >= 4 is 12.3 Å². The van der Waals surface area contributed by atoms with Gasteiger partial charge < -0.3 is 14.3 Å². The highest BCUT2D eigenvalue weighted by atomic mass is 16.6. The molecule has 0 aromatic heterocycles. The Labute approximate surface area is 94.2 Å². The Hall–Kier alpha value is -1.68. The van der Waals surface area contributed by atoms with E-state index in [-0.39, 0.29) is 13.0 Å². The minimum Gasteiger partial charge on any atom is -0.467 e. The lowest BCUT2D eigenvalue weighted by molar-refractivity contribution is -0.156. The first-order chi connectivity index (χ1) is 7.77. The van der Waals surface area contributed by atoms with Gasteiger partial charge >= 0.3 is 5.97 Å². The van der Waals surface area contributed by atoms with E-state index >= 15 is 0 Å². The molecule has 0 saturated heterocycles. The number of hydrogen-bond acceptors (Lipinski definition) is 4. The van der Waals surface area contributed by atoms with Crippen molar-refractivity contribution < 1.29 is 19.1 Å². The van der Waals surface area contributed by atoms with Gasteiger partial charge in [0.15, 0.2) is 6.10 Å². The number of rotatable bonds is 6. The van der Waals surface area contributed by atoms with Gasteiger partial charge in [-0.25, -0.2) is 4.79 Å². The number of methoxy groups -OCH3 is 1. The third kappa shape index (κ3) is 3.82. The molecule has 0 spiro atoms. The highest BCUT2D eigenvalue weighted by Gasteiger charge is 2.19. The van der Waals surface area contributed by atoms with Crippen molar-refractivity contribution in [2.75, 3.05) is 7.11 Å². The maximum Gasteiger partial charge on any atom is 0.335 e. The normalized spacial score (nSPS) is 11.8. The molecule has 0 bridgehead atoms. The second-order valence-corrected chi connectivity index (χ2v) is 3.21. The summed E-state index contributed by atoms with van der Waals surface area (Å²) in [6, 6.07) is 9.42. The van der Waals surface area contributed by atoms with Gasteiger partial charge in [0.25, 0.3) is 0 Å². The zero-order valence-electron chi connectivity index (χ0n) is 9.09. The van der Waals surface area contributed by atoms with Crippen molar-refractivity contribution in [3.05, 3.63) is 35.9 Å². The molecule has 0 aliphatic carbocycles. The highest BCUT2D eigenvalue weighted by molar-refractivity contribution is 5.77. The van der Waals surface area contributed by atoms with Gasteiger partial charge in [0.1, 0.15) is 6.29 Å². The van der Waals surface area contributed by atoms with Gasteiger partial charge in [-0.1, -0.05) is 30.3 Å². The fourth-order valence-corrected chi connectivity index (χ4v) is 1.22. The molecule has 4 nitrogen and oxygen atoms in total. The number of ether oxygens (including phenoxy) is 2. The first kappa shape index (κ1) is 12.4. The van der Waals surface area contributed by atoms with Crippen molar-refractivity contribution in [2.45, 2.75) is 19.1 Å². The molecule has 0 heterocycles. The van der Waals surface area contributed by atoms with E-state index in [9.17, 15) is 9.59 Å². The maximum atomic E-state index is 11.2. The molecule has 0 radical (unpaired) electrons. The van der Waals surface area contributed by atoms with Gasteiger partial charge in [0, 0.05) is 6.42 Å². The Kier molecular flexibility index (Phi) is 5.22. The summed E-state index contributed by atoms with van der Waals surface area (Å²) >= 11 is 0. The number of aldehydes is 1. The van der Waals surface area contributed by atoms with E-state index in [4.69, 9.17) is 4.74 Å². The summed E-state index contributed by atoms with van der Waals surface area (Å²) in [7, 11) is 1.27. The SMILES string of the molecule is COC(=O)[C@H](CC=O)OCc1ccccc1. The van der Waals surface area contributed by atoms with Crippen molar-refractivity contribution in [1.29, 1.82) is 0 Å². The summed E-state index contributed by atoms with van der Waals surface area (Å²) in [4.78, 5) is 21.6. The Balaban J connectivity index is 2.50. The number of carbonyl (C=O) groups is 2. The van der Waals surface area contributed by atoms with E-state index in [1.54, 1.807) is 0 Å². The summed E-state index contributed by atoms with van der Waals surface area (Å²) in [6.45, 7) is 0.286. The Bertz CT molecular complexity index is 334. The zero-order chi connectivity index (χ0) is 11.8. The van der Waals surface area contributed by atoms with Crippen LogP contribution in [0.3, 0.4) is 0 Å². The van der Waals surface area contributed by atoms with Crippen LogP contribution < -0.4 is 0 Å². The van der Waals surface area contributed by atoms with Crippen molar-refractivity contribution in [3.63, 3.8) is 0 Å². The first-order valence-corrected chi connectivity index (χ1v) is 4.95. The van der Waals surface area contributed by atoms with Gasteiger partial charge in [0.05, 0.1) is 13.7 Å². The van der Waals surface area contributed by atoms with Crippen molar-refractivity contribution in [1.82, 2.24) is 0 Å². The molecule has 0 unspecified atom stereocenters. The largest absolute Gasteiger partial charge is 0.467 e. The fraction of sp³-hybridized carbons (Fsp3) is 0.333. The Morgan fingerprint density at radius 2 is 2.06 bits per heavy atom. The van der Waals surface area contributed by atoms with Crippen molar-refractivity contribution in [3.8, 4) is 0 Å². The minimum absolute atomic E-state index is 0.0134. The third-order valence-corrected chi connectivity index (χ3v) is 2.07. The lowest BCUT2D eigenvalue weighted by atomic mass is 10.2. The number of benzene rings is 1. The van der Waals surface area contributed by atoms with Crippen molar-refractivity contribution in [2.24, 2.45) is 0 Å². The van der Waals surface area contributed by atoms with Gasteiger partial charge in [-0.2, -0.15) is 0 Å². The molecule has 16 heavy (non-hydrogen) atoms. The number of esters is 1. The molecule has 1 aromatic carbocycles. The molecular formula is C12H14O4. The van der Waals surface area contributed by atoms with Crippen LogP contribution in [0.4, 0.5) is 0 Å². The molecular weight excluding hydrogens is 208 g/mol. The quantitative estimate of drug-likeness (QED) is 0.538. The number of carbonyl (C=O) groups excluding carboxylic acids is 2. The molecule has 0 saturated carbocycles. The van der Waals surface area contributed by atoms with Crippen LogP contribution in [0.1, 0.15) is 12.0 Å². The van der Waals surface area contributed by atoms with E-state index in [1.165, 1.54) is 7.11 Å². The molecule has 4 heteroatoms. The van der Waals surface area contributed by atoms with Crippen LogP contribution in [0.15, 0.2) is 30.3 Å². The summed E-state index contributed by atoms with van der Waals surface area (Å²) in [5.74, 6) is -0.525. The van der Waals surface area contributed by atoms with Crippen LogP contribution in [0.5, 0.6) is 0 Å². The smallest absolute Gasteiger partial charge is 0.335 e. The first-order valence-electron chi connectivity index (χ1n) is 4.95. The molecule has 0 amide bonds. The van der Waals surface area contributed by atoms with Gasteiger partial charge in [-0.3, -0.25) is 0 Å². The molecule has 0 N–H and O–H groups in total. The number of hydrogen-bond donors (Lipinski definition) is 0. The lowest BCUT2D eigenvalue weighted by Crippen LogP contribution is -2.25. The second-order valence-electron chi connectivity index (χ2n) is 3.21. The summed E-state index contributed by atoms with van der Waals surface area (Å²) < 4.78 is 9.85. The molecule has 1 atom stereocenters. The van der Waals surface area contributed by atoms with E-state index < -0.39 is 12.1 Å². The standard InChI is InChI=1S/C12H14O4/c1-15-12(14)11(7-8-13)16-9-10-5-3-2-4-6-10/h2-6,8,11H,7,9H2,1H3/t11-/m0/s1. The van der Waals surface area contributed by atoms with Gasteiger partial charge in [-0.15, -0.1) is 0 Å². The zero-order valence-corrected chi connectivity index (χ0v) is 9.09. The monoisotopic (exact) mass is 222 g/mol. The third-order valence-electron chi connectivity index (χ3n) is 2.07. The van der Waals surface area contributed by atoms with Crippen LogP contribution in [0.25, 0.3) is 0 Å². The molecule has 86 valence electrons. The van der Waals surface area contributed by atoms with Crippen LogP contribution >= 0.6 is 0 Å². The second kappa shape index (κ2) is 6.74. The average Bonchev–Trinajstić information content (AvgIpc) is 2.34. The highest BCUT2D eigenvalue weighted by Crippen LogP contribution is 2.06. The summed E-state index contributed by atoms with van der Waals surface area (Å²) in [5.41, 5.74) is 0.947. The predicted octanol–water partition coefficient (Wildman–Crippen LogP) is 1.33. The van der Waals surface area contributed by atoms with E-state index in [0.717, 1.165) is 5.56 Å². The van der Waals surface area contributed by atoms with Crippen LogP contribution in [-0.2, 0) is 25.7 Å².